The van der Waals surface area contributed by atoms with Crippen LogP contribution in [0.4, 0.5) is 0 Å². The van der Waals surface area contributed by atoms with Crippen molar-refractivity contribution in [2.24, 2.45) is 5.92 Å². The summed E-state index contributed by atoms with van der Waals surface area (Å²) in [5.41, 5.74) is 2.81. The Morgan fingerprint density at radius 3 is 2.85 bits per heavy atom. The summed E-state index contributed by atoms with van der Waals surface area (Å²) < 4.78 is 0. The van der Waals surface area contributed by atoms with E-state index >= 15 is 0 Å². The van der Waals surface area contributed by atoms with Crippen molar-refractivity contribution in [3.05, 3.63) is 34.9 Å². The summed E-state index contributed by atoms with van der Waals surface area (Å²) in [6, 6.07) is 6.44. The van der Waals surface area contributed by atoms with Crippen LogP contribution in [0.5, 0.6) is 0 Å². The van der Waals surface area contributed by atoms with E-state index in [4.69, 9.17) is 0 Å². The summed E-state index contributed by atoms with van der Waals surface area (Å²) in [7, 11) is 0. The molecule has 4 atom stereocenters. The van der Waals surface area contributed by atoms with Crippen LogP contribution in [-0.4, -0.2) is 47.3 Å². The van der Waals surface area contributed by atoms with Crippen molar-refractivity contribution < 1.29 is 14.4 Å². The Kier molecular flexibility index (Phi) is 3.62. The topological polar surface area (TPSA) is 90.5 Å². The number of hydrogen-bond acceptors (Lipinski definition) is 5. The number of piperidine rings is 2. The van der Waals surface area contributed by atoms with Crippen molar-refractivity contribution in [1.82, 2.24) is 20.9 Å². The maximum absolute atomic E-state index is 12.8. The van der Waals surface area contributed by atoms with Crippen LogP contribution in [0.15, 0.2) is 18.2 Å². The second-order valence-corrected chi connectivity index (χ2v) is 7.74. The molecule has 1 aromatic rings. The normalized spacial score (nSPS) is 32.5. The Labute approximate surface area is 151 Å². The molecule has 7 nitrogen and oxygen atoms in total. The van der Waals surface area contributed by atoms with Crippen LogP contribution in [0.1, 0.15) is 40.7 Å². The van der Waals surface area contributed by atoms with E-state index in [1.807, 2.05) is 12.1 Å². The van der Waals surface area contributed by atoms with Crippen LogP contribution in [0.25, 0.3) is 0 Å². The van der Waals surface area contributed by atoms with Crippen LogP contribution in [0, 0.1) is 5.92 Å². The van der Waals surface area contributed by atoms with Crippen molar-refractivity contribution in [2.45, 2.75) is 50.5 Å². The van der Waals surface area contributed by atoms with E-state index in [-0.39, 0.29) is 24.1 Å². The van der Waals surface area contributed by atoms with Crippen LogP contribution >= 0.6 is 0 Å². The number of carbonyl (C=O) groups excluding carboxylic acids is 3. The number of hydrogen-bond donors (Lipinski definition) is 3. The van der Waals surface area contributed by atoms with E-state index in [1.165, 1.54) is 6.42 Å². The maximum atomic E-state index is 12.8. The summed E-state index contributed by atoms with van der Waals surface area (Å²) in [6.45, 7) is 2.17. The molecule has 7 heteroatoms. The third kappa shape index (κ3) is 2.54. The molecule has 3 fully saturated rings. The van der Waals surface area contributed by atoms with Crippen molar-refractivity contribution >= 4 is 17.7 Å². The summed E-state index contributed by atoms with van der Waals surface area (Å²) in [5, 5.41) is 9.48. The van der Waals surface area contributed by atoms with Gasteiger partial charge < -0.3 is 15.5 Å². The zero-order valence-electron chi connectivity index (χ0n) is 14.5. The van der Waals surface area contributed by atoms with Gasteiger partial charge in [0, 0.05) is 43.7 Å². The molecule has 26 heavy (non-hydrogen) atoms. The van der Waals surface area contributed by atoms with E-state index in [2.05, 4.69) is 22.0 Å². The standard InChI is InChI=1S/C19H22N4O3/c24-17-5-4-16(18(25)22-17)23-9-13-10(2-1-3-11(13)19(23)26)7-20-15-8-21-14-6-12(14)15/h1-3,12,14-16,20-21H,4-9H2,(H,22,24,25). The number of nitrogens with one attached hydrogen (secondary N) is 3. The fourth-order valence-corrected chi connectivity index (χ4v) is 4.60. The third-order valence-electron chi connectivity index (χ3n) is 6.19. The molecule has 3 heterocycles. The minimum atomic E-state index is -0.556. The number of benzene rings is 1. The Balaban J connectivity index is 1.33. The van der Waals surface area contributed by atoms with Gasteiger partial charge in [0.15, 0.2) is 0 Å². The summed E-state index contributed by atoms with van der Waals surface area (Å²) in [6.07, 6.45) is 1.93. The van der Waals surface area contributed by atoms with Gasteiger partial charge in [-0.1, -0.05) is 12.1 Å². The van der Waals surface area contributed by atoms with Gasteiger partial charge in [0.25, 0.3) is 5.91 Å². The lowest BCUT2D eigenvalue weighted by Gasteiger charge is -2.29. The number of fused-ring (bicyclic) bond motifs is 2. The molecule has 0 bridgehead atoms. The maximum Gasteiger partial charge on any atom is 0.255 e. The minimum absolute atomic E-state index is 0.110. The third-order valence-corrected chi connectivity index (χ3v) is 6.19. The first-order chi connectivity index (χ1) is 12.6. The molecule has 1 saturated carbocycles. The monoisotopic (exact) mass is 354 g/mol. The second-order valence-electron chi connectivity index (χ2n) is 7.74. The smallest absolute Gasteiger partial charge is 0.255 e. The highest BCUT2D eigenvalue weighted by Crippen LogP contribution is 2.38. The van der Waals surface area contributed by atoms with Gasteiger partial charge in [-0.25, -0.2) is 0 Å². The number of imide groups is 1. The van der Waals surface area contributed by atoms with Crippen LogP contribution < -0.4 is 16.0 Å². The molecule has 4 unspecified atom stereocenters. The molecule has 0 spiro atoms. The minimum Gasteiger partial charge on any atom is -0.322 e. The van der Waals surface area contributed by atoms with Crippen LogP contribution in [-0.2, 0) is 22.7 Å². The Bertz CT molecular complexity index is 808. The Morgan fingerprint density at radius 1 is 1.23 bits per heavy atom. The van der Waals surface area contributed by atoms with E-state index < -0.39 is 6.04 Å². The lowest BCUT2D eigenvalue weighted by atomic mass is 10.0. The molecular weight excluding hydrogens is 332 g/mol. The molecule has 1 aromatic carbocycles. The van der Waals surface area contributed by atoms with Gasteiger partial charge in [0.2, 0.25) is 11.8 Å². The summed E-state index contributed by atoms with van der Waals surface area (Å²) in [5.74, 6) is 0.0113. The van der Waals surface area contributed by atoms with Gasteiger partial charge in [-0.3, -0.25) is 19.7 Å². The number of carbonyl (C=O) groups is 3. The highest BCUT2D eigenvalue weighted by molar-refractivity contribution is 6.05. The number of amides is 3. The zero-order chi connectivity index (χ0) is 17.8. The molecule has 136 valence electrons. The SMILES string of the molecule is O=C1CCC(N2Cc3c(CNC4CNC5CC45)cccc3C2=O)C(=O)N1. The lowest BCUT2D eigenvalue weighted by molar-refractivity contribution is -0.136. The summed E-state index contributed by atoms with van der Waals surface area (Å²) in [4.78, 5) is 38.0. The highest BCUT2D eigenvalue weighted by atomic mass is 16.2. The number of nitrogens with zero attached hydrogens (tertiary/aromatic N) is 1. The van der Waals surface area contributed by atoms with Crippen molar-refractivity contribution in [2.75, 3.05) is 6.54 Å². The van der Waals surface area contributed by atoms with Gasteiger partial charge in [-0.15, -0.1) is 0 Å². The molecule has 3 amide bonds. The average Bonchev–Trinajstić information content (AvgIpc) is 3.18. The first kappa shape index (κ1) is 16.0. The van der Waals surface area contributed by atoms with E-state index in [0.717, 1.165) is 30.1 Å². The Hall–Kier alpha value is -2.25. The molecule has 3 N–H and O–H groups in total. The molecule has 2 saturated heterocycles. The number of rotatable bonds is 4. The second kappa shape index (κ2) is 5.89. The Morgan fingerprint density at radius 2 is 2.12 bits per heavy atom. The van der Waals surface area contributed by atoms with Gasteiger partial charge in [-0.2, -0.15) is 0 Å². The van der Waals surface area contributed by atoms with E-state index in [0.29, 0.717) is 30.6 Å². The fourth-order valence-electron chi connectivity index (χ4n) is 4.60. The van der Waals surface area contributed by atoms with E-state index in [1.54, 1.807) is 4.90 Å². The molecule has 5 rings (SSSR count). The van der Waals surface area contributed by atoms with Crippen molar-refractivity contribution in [1.29, 1.82) is 0 Å². The largest absolute Gasteiger partial charge is 0.322 e. The fraction of sp³-hybridized carbons (Fsp3) is 0.526. The summed E-state index contributed by atoms with van der Waals surface area (Å²) >= 11 is 0. The predicted molar refractivity (Wildman–Crippen MR) is 93.0 cm³/mol. The highest BCUT2D eigenvalue weighted by Gasteiger charge is 2.47. The molecule has 0 radical (unpaired) electrons. The molecular formula is C19H22N4O3. The van der Waals surface area contributed by atoms with Gasteiger partial charge in [-0.05, 0) is 36.0 Å². The predicted octanol–water partition coefficient (Wildman–Crippen LogP) is -0.102. The molecule has 1 aliphatic carbocycles. The first-order valence-corrected chi connectivity index (χ1v) is 9.34. The van der Waals surface area contributed by atoms with Crippen molar-refractivity contribution in [3.63, 3.8) is 0 Å². The van der Waals surface area contributed by atoms with Gasteiger partial charge in [0.1, 0.15) is 6.04 Å². The quantitative estimate of drug-likeness (QED) is 0.657. The molecule has 4 aliphatic rings. The van der Waals surface area contributed by atoms with Gasteiger partial charge in [0.05, 0.1) is 0 Å². The molecule has 0 aromatic heterocycles. The average molecular weight is 354 g/mol. The first-order valence-electron chi connectivity index (χ1n) is 9.34. The van der Waals surface area contributed by atoms with Crippen molar-refractivity contribution in [3.8, 4) is 0 Å². The zero-order valence-corrected chi connectivity index (χ0v) is 14.5. The lowest BCUT2D eigenvalue weighted by Crippen LogP contribution is -2.52. The molecule has 3 aliphatic heterocycles. The van der Waals surface area contributed by atoms with Crippen LogP contribution in [0.2, 0.25) is 0 Å². The van der Waals surface area contributed by atoms with Gasteiger partial charge >= 0.3 is 0 Å². The van der Waals surface area contributed by atoms with Crippen LogP contribution in [0.3, 0.4) is 0 Å². The van der Waals surface area contributed by atoms with E-state index in [9.17, 15) is 14.4 Å².